The van der Waals surface area contributed by atoms with Crippen LogP contribution in [0, 0.1) is 5.82 Å². The lowest BCUT2D eigenvalue weighted by molar-refractivity contribution is 0.535. The Hall–Kier alpha value is -1.92. The number of halogens is 1. The summed E-state index contributed by atoms with van der Waals surface area (Å²) in [5.41, 5.74) is 3.19. The van der Waals surface area contributed by atoms with Crippen LogP contribution in [0.2, 0.25) is 0 Å². The minimum Gasteiger partial charge on any atom is -0.270 e. The molecule has 16 heavy (non-hydrogen) atoms. The summed E-state index contributed by atoms with van der Waals surface area (Å²) in [5.74, 6) is 4.95. The third kappa shape index (κ3) is 2.02. The molecule has 0 aliphatic heterocycles. The van der Waals surface area contributed by atoms with Crippen LogP contribution in [0.3, 0.4) is 0 Å². The van der Waals surface area contributed by atoms with Crippen molar-refractivity contribution in [2.75, 3.05) is 0 Å². The highest BCUT2D eigenvalue weighted by Crippen LogP contribution is 2.18. The van der Waals surface area contributed by atoms with Gasteiger partial charge in [0, 0.05) is 18.6 Å². The van der Waals surface area contributed by atoms with Gasteiger partial charge < -0.3 is 0 Å². The second-order valence-electron chi connectivity index (χ2n) is 3.10. The molecule has 0 aliphatic carbocycles. The first-order valence-corrected chi connectivity index (χ1v) is 4.65. The highest BCUT2D eigenvalue weighted by Gasteiger charge is 2.18. The van der Waals surface area contributed by atoms with Crippen LogP contribution in [-0.4, -0.2) is 15.0 Å². The summed E-state index contributed by atoms with van der Waals surface area (Å²) in [4.78, 5) is 11.9. The van der Waals surface area contributed by atoms with Crippen LogP contribution < -0.4 is 11.3 Å². The van der Waals surface area contributed by atoms with E-state index in [0.29, 0.717) is 5.69 Å². The Balaban J connectivity index is 2.41. The van der Waals surface area contributed by atoms with Crippen LogP contribution in [0.4, 0.5) is 4.39 Å². The molecule has 0 radical (unpaired) electrons. The minimum absolute atomic E-state index is 0.200. The number of aromatic nitrogens is 3. The van der Waals surface area contributed by atoms with Gasteiger partial charge in [-0.2, -0.15) is 0 Å². The topological polar surface area (TPSA) is 76.7 Å². The molecule has 0 amide bonds. The van der Waals surface area contributed by atoms with Gasteiger partial charge in [0.25, 0.3) is 0 Å². The van der Waals surface area contributed by atoms with E-state index in [1.807, 2.05) is 0 Å². The summed E-state index contributed by atoms with van der Waals surface area (Å²) < 4.78 is 13.5. The lowest BCUT2D eigenvalue weighted by atomic mass is 10.1. The molecule has 82 valence electrons. The van der Waals surface area contributed by atoms with E-state index in [0.717, 1.165) is 0 Å². The minimum atomic E-state index is -0.602. The Morgan fingerprint density at radius 3 is 2.75 bits per heavy atom. The number of pyridine rings is 1. The molecule has 2 rings (SSSR count). The summed E-state index contributed by atoms with van der Waals surface area (Å²) in [6.07, 6.45) is 6.06. The van der Waals surface area contributed by atoms with E-state index in [1.54, 1.807) is 0 Å². The predicted octanol–water partition coefficient (Wildman–Crippen LogP) is 0.563. The normalized spacial score (nSPS) is 12.4. The SMILES string of the molecule is NNC(c1cnccn1)c1ncccc1F. The standard InChI is InChI=1S/C10H10FN5/c11-7-2-1-3-15-9(7)10(16-12)8-6-13-4-5-14-8/h1-6,10,16H,12H2. The Bertz CT molecular complexity index is 462. The van der Waals surface area contributed by atoms with Crippen LogP contribution in [0.5, 0.6) is 0 Å². The van der Waals surface area contributed by atoms with Crippen LogP contribution in [0.1, 0.15) is 17.4 Å². The van der Waals surface area contributed by atoms with Gasteiger partial charge in [-0.15, -0.1) is 0 Å². The first kappa shape index (κ1) is 10.6. The summed E-state index contributed by atoms with van der Waals surface area (Å²) in [5, 5.41) is 0. The molecule has 2 aromatic heterocycles. The third-order valence-electron chi connectivity index (χ3n) is 2.11. The molecule has 3 N–H and O–H groups in total. The number of hydrogen-bond donors (Lipinski definition) is 2. The van der Waals surface area contributed by atoms with Crippen molar-refractivity contribution in [3.63, 3.8) is 0 Å². The van der Waals surface area contributed by atoms with Crippen LogP contribution in [0.15, 0.2) is 36.9 Å². The van der Waals surface area contributed by atoms with Gasteiger partial charge in [0.1, 0.15) is 17.6 Å². The third-order valence-corrected chi connectivity index (χ3v) is 2.11. The molecule has 0 saturated carbocycles. The molecule has 6 heteroatoms. The number of nitrogens with one attached hydrogen (secondary N) is 1. The molecule has 0 saturated heterocycles. The Morgan fingerprint density at radius 2 is 2.12 bits per heavy atom. The van der Waals surface area contributed by atoms with Crippen molar-refractivity contribution in [2.24, 2.45) is 5.84 Å². The van der Waals surface area contributed by atoms with Crippen molar-refractivity contribution in [3.8, 4) is 0 Å². The maximum absolute atomic E-state index is 13.5. The Morgan fingerprint density at radius 1 is 1.25 bits per heavy atom. The van der Waals surface area contributed by atoms with Gasteiger partial charge in [-0.25, -0.2) is 9.82 Å². The second kappa shape index (κ2) is 4.73. The molecule has 1 atom stereocenters. The molecular weight excluding hydrogens is 209 g/mol. The quantitative estimate of drug-likeness (QED) is 0.582. The maximum atomic E-state index is 13.5. The highest BCUT2D eigenvalue weighted by molar-refractivity contribution is 5.20. The zero-order valence-corrected chi connectivity index (χ0v) is 8.34. The lowest BCUT2D eigenvalue weighted by Gasteiger charge is -2.14. The molecule has 0 spiro atoms. The van der Waals surface area contributed by atoms with Gasteiger partial charge >= 0.3 is 0 Å². The van der Waals surface area contributed by atoms with Gasteiger partial charge in [-0.3, -0.25) is 20.8 Å². The molecule has 0 aromatic carbocycles. The number of nitrogens with two attached hydrogens (primary N) is 1. The average molecular weight is 219 g/mol. The first-order valence-electron chi connectivity index (χ1n) is 4.65. The van der Waals surface area contributed by atoms with Crippen molar-refractivity contribution in [1.29, 1.82) is 0 Å². The largest absolute Gasteiger partial charge is 0.270 e. The van der Waals surface area contributed by atoms with Crippen molar-refractivity contribution in [1.82, 2.24) is 20.4 Å². The Kier molecular flexibility index (Phi) is 3.13. The van der Waals surface area contributed by atoms with Gasteiger partial charge in [-0.05, 0) is 12.1 Å². The van der Waals surface area contributed by atoms with E-state index < -0.39 is 11.9 Å². The van der Waals surface area contributed by atoms with Crippen molar-refractivity contribution in [3.05, 3.63) is 54.1 Å². The van der Waals surface area contributed by atoms with Crippen LogP contribution >= 0.6 is 0 Å². The van der Waals surface area contributed by atoms with Gasteiger partial charge in [0.2, 0.25) is 0 Å². The summed E-state index contributed by atoms with van der Waals surface area (Å²) in [6, 6.07) is 2.24. The number of nitrogens with zero attached hydrogens (tertiary/aromatic N) is 3. The van der Waals surface area contributed by atoms with Gasteiger partial charge in [0.15, 0.2) is 0 Å². The zero-order chi connectivity index (χ0) is 11.4. The Labute approximate surface area is 91.5 Å². The summed E-state index contributed by atoms with van der Waals surface area (Å²) in [7, 11) is 0. The molecule has 5 nitrogen and oxygen atoms in total. The van der Waals surface area contributed by atoms with Crippen molar-refractivity contribution < 1.29 is 4.39 Å². The van der Waals surface area contributed by atoms with Crippen molar-refractivity contribution >= 4 is 0 Å². The fourth-order valence-electron chi connectivity index (χ4n) is 1.37. The van der Waals surface area contributed by atoms with Crippen LogP contribution in [0.25, 0.3) is 0 Å². The van der Waals surface area contributed by atoms with E-state index in [9.17, 15) is 4.39 Å². The highest BCUT2D eigenvalue weighted by atomic mass is 19.1. The number of hydrogen-bond acceptors (Lipinski definition) is 5. The van der Waals surface area contributed by atoms with E-state index in [1.165, 1.54) is 36.9 Å². The van der Waals surface area contributed by atoms with E-state index >= 15 is 0 Å². The van der Waals surface area contributed by atoms with E-state index in [-0.39, 0.29) is 5.69 Å². The maximum Gasteiger partial charge on any atom is 0.146 e. The van der Waals surface area contributed by atoms with E-state index in [4.69, 9.17) is 5.84 Å². The van der Waals surface area contributed by atoms with Gasteiger partial charge in [-0.1, -0.05) is 0 Å². The average Bonchev–Trinajstić information content (AvgIpc) is 2.34. The second-order valence-corrected chi connectivity index (χ2v) is 3.10. The fourth-order valence-corrected chi connectivity index (χ4v) is 1.37. The van der Waals surface area contributed by atoms with E-state index in [2.05, 4.69) is 20.4 Å². The molecule has 0 aliphatic rings. The monoisotopic (exact) mass is 219 g/mol. The predicted molar refractivity (Wildman–Crippen MR) is 55.4 cm³/mol. The molecule has 2 heterocycles. The molecular formula is C10H10FN5. The van der Waals surface area contributed by atoms with Crippen LogP contribution in [-0.2, 0) is 0 Å². The lowest BCUT2D eigenvalue weighted by Crippen LogP contribution is -2.31. The molecule has 0 bridgehead atoms. The number of rotatable bonds is 3. The number of hydrazine groups is 1. The fraction of sp³-hybridized carbons (Fsp3) is 0.100. The van der Waals surface area contributed by atoms with Crippen molar-refractivity contribution in [2.45, 2.75) is 6.04 Å². The summed E-state index contributed by atoms with van der Waals surface area (Å²) >= 11 is 0. The molecule has 0 fully saturated rings. The summed E-state index contributed by atoms with van der Waals surface area (Å²) in [6.45, 7) is 0. The molecule has 2 aromatic rings. The molecule has 1 unspecified atom stereocenters. The zero-order valence-electron chi connectivity index (χ0n) is 8.34. The van der Waals surface area contributed by atoms with Gasteiger partial charge in [0.05, 0.1) is 11.9 Å². The smallest absolute Gasteiger partial charge is 0.146 e. The first-order chi connectivity index (χ1) is 7.83.